The van der Waals surface area contributed by atoms with Crippen LogP contribution in [0.2, 0.25) is 5.02 Å². The SMILES string of the molecule is O=C(Cc1cc(Cl)c2c(c1)OCCO2)Nc1ccc(N2CCOCC2)nc1. The van der Waals surface area contributed by atoms with E-state index < -0.39 is 0 Å². The van der Waals surface area contributed by atoms with Crippen LogP contribution in [0.25, 0.3) is 0 Å². The largest absolute Gasteiger partial charge is 0.486 e. The Morgan fingerprint density at radius 3 is 2.74 bits per heavy atom. The number of benzene rings is 1. The van der Waals surface area contributed by atoms with Gasteiger partial charge >= 0.3 is 0 Å². The number of carbonyl (C=O) groups is 1. The third-order valence-electron chi connectivity index (χ3n) is 4.39. The van der Waals surface area contributed by atoms with E-state index in [0.29, 0.717) is 48.6 Å². The van der Waals surface area contributed by atoms with E-state index in [1.165, 1.54) is 0 Å². The molecule has 0 bridgehead atoms. The van der Waals surface area contributed by atoms with Crippen LogP contribution < -0.4 is 19.7 Å². The summed E-state index contributed by atoms with van der Waals surface area (Å²) in [6.07, 6.45) is 1.85. The number of ether oxygens (including phenoxy) is 3. The number of fused-ring (bicyclic) bond motifs is 1. The van der Waals surface area contributed by atoms with Crippen molar-refractivity contribution in [2.75, 3.05) is 49.7 Å². The summed E-state index contributed by atoms with van der Waals surface area (Å²) >= 11 is 6.22. The topological polar surface area (TPSA) is 72.9 Å². The van der Waals surface area contributed by atoms with Gasteiger partial charge in [-0.3, -0.25) is 4.79 Å². The minimum Gasteiger partial charge on any atom is -0.486 e. The first kappa shape index (κ1) is 17.9. The Kier molecular flexibility index (Phi) is 5.31. The molecule has 3 heterocycles. The minimum absolute atomic E-state index is 0.149. The second kappa shape index (κ2) is 8.02. The minimum atomic E-state index is -0.149. The van der Waals surface area contributed by atoms with Crippen LogP contribution in [-0.4, -0.2) is 50.4 Å². The molecule has 1 fully saturated rings. The van der Waals surface area contributed by atoms with Crippen molar-refractivity contribution in [2.45, 2.75) is 6.42 Å². The van der Waals surface area contributed by atoms with Crippen LogP contribution in [-0.2, 0) is 16.0 Å². The van der Waals surface area contributed by atoms with E-state index in [1.807, 2.05) is 12.1 Å². The molecular formula is C19H20ClN3O4. The van der Waals surface area contributed by atoms with Crippen molar-refractivity contribution in [3.8, 4) is 11.5 Å². The number of pyridine rings is 1. The van der Waals surface area contributed by atoms with E-state index in [0.717, 1.165) is 24.5 Å². The van der Waals surface area contributed by atoms with Crippen LogP contribution in [0, 0.1) is 0 Å². The molecule has 8 heteroatoms. The molecule has 27 heavy (non-hydrogen) atoms. The number of amides is 1. The van der Waals surface area contributed by atoms with Crippen molar-refractivity contribution in [3.05, 3.63) is 41.0 Å². The predicted molar refractivity (Wildman–Crippen MR) is 102 cm³/mol. The molecule has 0 unspecified atom stereocenters. The number of aromatic nitrogens is 1. The van der Waals surface area contributed by atoms with Crippen molar-refractivity contribution in [3.63, 3.8) is 0 Å². The van der Waals surface area contributed by atoms with Crippen LogP contribution in [0.15, 0.2) is 30.5 Å². The Bertz CT molecular complexity index is 822. The molecule has 0 radical (unpaired) electrons. The molecule has 1 amide bonds. The molecule has 2 aliphatic rings. The fourth-order valence-corrected chi connectivity index (χ4v) is 3.38. The first-order valence-corrected chi connectivity index (χ1v) is 9.23. The Labute approximate surface area is 162 Å². The fourth-order valence-electron chi connectivity index (χ4n) is 3.10. The van der Waals surface area contributed by atoms with E-state index in [4.69, 9.17) is 25.8 Å². The highest BCUT2D eigenvalue weighted by Gasteiger charge is 2.18. The van der Waals surface area contributed by atoms with Gasteiger partial charge in [0, 0.05) is 13.1 Å². The molecular weight excluding hydrogens is 370 g/mol. The van der Waals surface area contributed by atoms with Gasteiger partial charge in [-0.15, -0.1) is 0 Å². The zero-order valence-electron chi connectivity index (χ0n) is 14.7. The fraction of sp³-hybridized carbons (Fsp3) is 0.368. The lowest BCUT2D eigenvalue weighted by Crippen LogP contribution is -2.36. The van der Waals surface area contributed by atoms with E-state index in [-0.39, 0.29) is 12.3 Å². The summed E-state index contributed by atoms with van der Waals surface area (Å²) in [4.78, 5) is 19.0. The quantitative estimate of drug-likeness (QED) is 0.866. The Morgan fingerprint density at radius 2 is 1.96 bits per heavy atom. The average Bonchev–Trinajstić information content (AvgIpc) is 2.69. The molecule has 0 spiro atoms. The number of morpholine rings is 1. The molecule has 2 aromatic rings. The van der Waals surface area contributed by atoms with Crippen molar-refractivity contribution in [1.82, 2.24) is 4.98 Å². The predicted octanol–water partition coefficient (Wildman–Crippen LogP) is 2.52. The van der Waals surface area contributed by atoms with E-state index in [1.54, 1.807) is 18.3 Å². The highest BCUT2D eigenvalue weighted by molar-refractivity contribution is 6.32. The van der Waals surface area contributed by atoms with Gasteiger partial charge in [0.15, 0.2) is 11.5 Å². The normalized spacial score (nSPS) is 16.1. The van der Waals surface area contributed by atoms with E-state index in [2.05, 4.69) is 15.2 Å². The van der Waals surface area contributed by atoms with Gasteiger partial charge in [0.05, 0.1) is 36.5 Å². The lowest BCUT2D eigenvalue weighted by atomic mass is 10.1. The maximum absolute atomic E-state index is 12.4. The lowest BCUT2D eigenvalue weighted by Gasteiger charge is -2.27. The summed E-state index contributed by atoms with van der Waals surface area (Å²) in [5, 5.41) is 3.31. The summed E-state index contributed by atoms with van der Waals surface area (Å²) in [5.41, 5.74) is 1.42. The summed E-state index contributed by atoms with van der Waals surface area (Å²) in [6.45, 7) is 4.00. The third-order valence-corrected chi connectivity index (χ3v) is 4.67. The van der Waals surface area contributed by atoms with Crippen molar-refractivity contribution in [2.24, 2.45) is 0 Å². The number of anilines is 2. The van der Waals surface area contributed by atoms with E-state index >= 15 is 0 Å². The first-order chi connectivity index (χ1) is 13.2. The molecule has 0 aliphatic carbocycles. The first-order valence-electron chi connectivity index (χ1n) is 8.86. The van der Waals surface area contributed by atoms with Gasteiger partial charge in [-0.05, 0) is 29.8 Å². The summed E-state index contributed by atoms with van der Waals surface area (Å²) < 4.78 is 16.4. The van der Waals surface area contributed by atoms with Gasteiger partial charge in [0.1, 0.15) is 19.0 Å². The van der Waals surface area contributed by atoms with Crippen LogP contribution in [0.5, 0.6) is 11.5 Å². The second-order valence-corrected chi connectivity index (χ2v) is 6.74. The number of nitrogens with zero attached hydrogens (tertiary/aromatic N) is 2. The standard InChI is InChI=1S/C19H20ClN3O4/c20-15-9-13(10-16-19(15)27-8-7-26-16)11-18(24)22-14-1-2-17(21-12-14)23-3-5-25-6-4-23/h1-2,9-10,12H,3-8,11H2,(H,22,24). The smallest absolute Gasteiger partial charge is 0.228 e. The van der Waals surface area contributed by atoms with Crippen LogP contribution >= 0.6 is 11.6 Å². The van der Waals surface area contributed by atoms with Crippen LogP contribution in [0.4, 0.5) is 11.5 Å². The second-order valence-electron chi connectivity index (χ2n) is 6.33. The highest BCUT2D eigenvalue weighted by Crippen LogP contribution is 2.38. The Morgan fingerprint density at radius 1 is 1.15 bits per heavy atom. The summed E-state index contributed by atoms with van der Waals surface area (Å²) in [5.74, 6) is 1.85. The molecule has 0 saturated carbocycles. The van der Waals surface area contributed by atoms with E-state index in [9.17, 15) is 4.79 Å². The molecule has 1 N–H and O–H groups in total. The van der Waals surface area contributed by atoms with Gasteiger partial charge in [-0.25, -0.2) is 4.98 Å². The van der Waals surface area contributed by atoms with Gasteiger partial charge in [0.2, 0.25) is 5.91 Å². The maximum atomic E-state index is 12.4. The van der Waals surface area contributed by atoms with Gasteiger partial charge < -0.3 is 24.4 Å². The van der Waals surface area contributed by atoms with Gasteiger partial charge in [-0.1, -0.05) is 11.6 Å². The average molecular weight is 390 g/mol. The zero-order chi connectivity index (χ0) is 18.6. The zero-order valence-corrected chi connectivity index (χ0v) is 15.5. The van der Waals surface area contributed by atoms with Crippen molar-refractivity contribution >= 4 is 29.0 Å². The van der Waals surface area contributed by atoms with Crippen LogP contribution in [0.3, 0.4) is 0 Å². The Balaban J connectivity index is 1.38. The van der Waals surface area contributed by atoms with Crippen LogP contribution in [0.1, 0.15) is 5.56 Å². The number of halogens is 1. The molecule has 142 valence electrons. The maximum Gasteiger partial charge on any atom is 0.228 e. The number of hydrogen-bond acceptors (Lipinski definition) is 6. The molecule has 0 atom stereocenters. The van der Waals surface area contributed by atoms with Crippen molar-refractivity contribution in [1.29, 1.82) is 0 Å². The number of hydrogen-bond donors (Lipinski definition) is 1. The summed E-state index contributed by atoms with van der Waals surface area (Å²) in [6, 6.07) is 7.28. The lowest BCUT2D eigenvalue weighted by molar-refractivity contribution is -0.115. The molecule has 2 aliphatic heterocycles. The number of carbonyl (C=O) groups excluding carboxylic acids is 1. The monoisotopic (exact) mass is 389 g/mol. The number of rotatable bonds is 4. The molecule has 7 nitrogen and oxygen atoms in total. The molecule has 4 rings (SSSR count). The summed E-state index contributed by atoms with van der Waals surface area (Å²) in [7, 11) is 0. The molecule has 1 aromatic heterocycles. The van der Waals surface area contributed by atoms with Gasteiger partial charge in [-0.2, -0.15) is 0 Å². The Hall–Kier alpha value is -2.51. The third kappa shape index (κ3) is 4.26. The van der Waals surface area contributed by atoms with Crippen molar-refractivity contribution < 1.29 is 19.0 Å². The highest BCUT2D eigenvalue weighted by atomic mass is 35.5. The van der Waals surface area contributed by atoms with Gasteiger partial charge in [0.25, 0.3) is 0 Å². The molecule has 1 aromatic carbocycles. The number of nitrogens with one attached hydrogen (secondary N) is 1. The molecule has 1 saturated heterocycles.